The monoisotopic (exact) mass is 446 g/mol. The number of nitrogens with zero attached hydrogens (tertiary/aromatic N) is 2. The van der Waals surface area contributed by atoms with Gasteiger partial charge in [-0.15, -0.1) is 0 Å². The lowest BCUT2D eigenvalue weighted by Gasteiger charge is -2.26. The largest absolute Gasteiger partial charge is 0.497 e. The molecule has 7 nitrogen and oxygen atoms in total. The van der Waals surface area contributed by atoms with Crippen molar-refractivity contribution in [3.05, 3.63) is 53.6 Å². The highest BCUT2D eigenvalue weighted by atomic mass is 32.2. The predicted molar refractivity (Wildman–Crippen MR) is 119 cm³/mol. The fourth-order valence-corrected chi connectivity index (χ4v) is 5.72. The number of rotatable bonds is 8. The Morgan fingerprint density at radius 1 is 1.10 bits per heavy atom. The van der Waals surface area contributed by atoms with Crippen LogP contribution in [0.3, 0.4) is 0 Å². The third kappa shape index (κ3) is 4.55. The minimum absolute atomic E-state index is 0.0154. The van der Waals surface area contributed by atoms with E-state index in [1.807, 2.05) is 29.2 Å². The zero-order valence-corrected chi connectivity index (χ0v) is 19.3. The second-order valence-electron chi connectivity index (χ2n) is 7.39. The number of likely N-dealkylation sites (tertiary alicyclic amines) is 1. The third-order valence-electron chi connectivity index (χ3n) is 5.73. The number of carbonyl (C=O) groups is 1. The first-order valence-electron chi connectivity index (χ1n) is 10.5. The molecule has 2 aromatic rings. The number of benzene rings is 2. The molecule has 0 aliphatic carbocycles. The van der Waals surface area contributed by atoms with Gasteiger partial charge in [-0.3, -0.25) is 4.79 Å². The van der Waals surface area contributed by atoms with Crippen molar-refractivity contribution in [2.24, 2.45) is 0 Å². The Kier molecular flexibility index (Phi) is 7.23. The van der Waals surface area contributed by atoms with Gasteiger partial charge in [0.2, 0.25) is 10.0 Å². The lowest BCUT2D eigenvalue weighted by atomic mass is 10.0. The van der Waals surface area contributed by atoms with E-state index in [1.54, 1.807) is 33.1 Å². The van der Waals surface area contributed by atoms with Gasteiger partial charge in [0.25, 0.3) is 5.91 Å². The van der Waals surface area contributed by atoms with Gasteiger partial charge < -0.3 is 14.4 Å². The maximum atomic E-state index is 13.4. The van der Waals surface area contributed by atoms with Gasteiger partial charge in [-0.25, -0.2) is 8.42 Å². The normalized spacial score (nSPS) is 16.5. The van der Waals surface area contributed by atoms with Crippen LogP contribution in [0.15, 0.2) is 47.4 Å². The van der Waals surface area contributed by atoms with Crippen LogP contribution in [-0.4, -0.2) is 57.4 Å². The van der Waals surface area contributed by atoms with Crippen molar-refractivity contribution in [2.75, 3.05) is 33.9 Å². The summed E-state index contributed by atoms with van der Waals surface area (Å²) in [6.07, 6.45) is 1.73. The standard InChI is InChI=1S/C23H30N2O5S/c1-5-24(6-2)31(27,28)22-16-18(12-13-21(22)30-4)23(26)25-14-8-11-20(25)17-9-7-10-19(15-17)29-3/h7,9-10,12-13,15-16,20H,5-6,8,11,14H2,1-4H3. The van der Waals surface area contributed by atoms with Crippen LogP contribution < -0.4 is 9.47 Å². The topological polar surface area (TPSA) is 76.2 Å². The lowest BCUT2D eigenvalue weighted by Crippen LogP contribution is -2.32. The molecule has 2 aromatic carbocycles. The highest BCUT2D eigenvalue weighted by Crippen LogP contribution is 2.35. The molecule has 1 aliphatic heterocycles. The average Bonchev–Trinajstić information content (AvgIpc) is 3.28. The highest BCUT2D eigenvalue weighted by Gasteiger charge is 2.33. The molecule has 0 bridgehead atoms. The van der Waals surface area contributed by atoms with Crippen LogP contribution in [0, 0.1) is 0 Å². The van der Waals surface area contributed by atoms with Crippen molar-refractivity contribution in [3.8, 4) is 11.5 Å². The Labute approximate surface area is 184 Å². The first-order valence-corrected chi connectivity index (χ1v) is 11.9. The van der Waals surface area contributed by atoms with Crippen LogP contribution in [0.25, 0.3) is 0 Å². The van der Waals surface area contributed by atoms with Gasteiger partial charge >= 0.3 is 0 Å². The number of carbonyl (C=O) groups excluding carboxylic acids is 1. The SMILES string of the molecule is CCN(CC)S(=O)(=O)c1cc(C(=O)N2CCCC2c2cccc(OC)c2)ccc1OC. The molecule has 1 atom stereocenters. The molecule has 0 saturated carbocycles. The van der Waals surface area contributed by atoms with E-state index < -0.39 is 10.0 Å². The summed E-state index contributed by atoms with van der Waals surface area (Å²) in [5, 5.41) is 0. The fraction of sp³-hybridized carbons (Fsp3) is 0.435. The number of hydrogen-bond acceptors (Lipinski definition) is 5. The minimum Gasteiger partial charge on any atom is -0.497 e. The first kappa shape index (κ1) is 23.1. The van der Waals surface area contributed by atoms with Gasteiger partial charge in [0, 0.05) is 25.2 Å². The number of methoxy groups -OCH3 is 2. The second kappa shape index (κ2) is 9.70. The van der Waals surface area contributed by atoms with E-state index >= 15 is 0 Å². The number of hydrogen-bond donors (Lipinski definition) is 0. The molecule has 1 fully saturated rings. The zero-order valence-electron chi connectivity index (χ0n) is 18.5. The van der Waals surface area contributed by atoms with E-state index in [0.717, 1.165) is 24.2 Å². The summed E-state index contributed by atoms with van der Waals surface area (Å²) in [5.41, 5.74) is 1.34. The number of ether oxygens (including phenoxy) is 2. The Morgan fingerprint density at radius 2 is 1.84 bits per heavy atom. The summed E-state index contributed by atoms with van der Waals surface area (Å²) in [7, 11) is -0.732. The molecule has 0 radical (unpaired) electrons. The molecule has 8 heteroatoms. The maximum Gasteiger partial charge on any atom is 0.254 e. The van der Waals surface area contributed by atoms with Gasteiger partial charge in [0.15, 0.2) is 0 Å². The fourth-order valence-electron chi connectivity index (χ4n) is 4.08. The molecule has 0 N–H and O–H groups in total. The van der Waals surface area contributed by atoms with Crippen molar-refractivity contribution >= 4 is 15.9 Å². The van der Waals surface area contributed by atoms with Crippen molar-refractivity contribution in [2.45, 2.75) is 37.6 Å². The molecule has 1 heterocycles. The van der Waals surface area contributed by atoms with Crippen LogP contribution in [0.1, 0.15) is 48.7 Å². The molecule has 31 heavy (non-hydrogen) atoms. The van der Waals surface area contributed by atoms with E-state index in [9.17, 15) is 13.2 Å². The molecule has 0 spiro atoms. The van der Waals surface area contributed by atoms with E-state index in [-0.39, 0.29) is 22.6 Å². The Balaban J connectivity index is 1.98. The summed E-state index contributed by atoms with van der Waals surface area (Å²) in [6.45, 7) is 4.86. The highest BCUT2D eigenvalue weighted by molar-refractivity contribution is 7.89. The maximum absolute atomic E-state index is 13.4. The summed E-state index contributed by atoms with van der Waals surface area (Å²) in [5.74, 6) is 0.784. The summed E-state index contributed by atoms with van der Waals surface area (Å²) in [4.78, 5) is 15.2. The third-order valence-corrected chi connectivity index (χ3v) is 7.80. The van der Waals surface area contributed by atoms with Crippen LogP contribution in [0.2, 0.25) is 0 Å². The zero-order chi connectivity index (χ0) is 22.6. The molecule has 0 aromatic heterocycles. The van der Waals surface area contributed by atoms with Crippen LogP contribution in [0.4, 0.5) is 0 Å². The van der Waals surface area contributed by atoms with E-state index in [4.69, 9.17) is 9.47 Å². The summed E-state index contributed by atoms with van der Waals surface area (Å²) >= 11 is 0. The van der Waals surface area contributed by atoms with Gasteiger partial charge in [0.05, 0.1) is 20.3 Å². The molecule has 1 aliphatic rings. The number of sulfonamides is 1. The smallest absolute Gasteiger partial charge is 0.254 e. The van der Waals surface area contributed by atoms with Crippen molar-refractivity contribution in [1.29, 1.82) is 0 Å². The van der Waals surface area contributed by atoms with Crippen molar-refractivity contribution < 1.29 is 22.7 Å². The van der Waals surface area contributed by atoms with Gasteiger partial charge in [-0.2, -0.15) is 4.31 Å². The molecule has 1 unspecified atom stereocenters. The van der Waals surface area contributed by atoms with Crippen LogP contribution in [-0.2, 0) is 10.0 Å². The molecule has 1 saturated heterocycles. The van der Waals surface area contributed by atoms with Crippen LogP contribution in [0.5, 0.6) is 11.5 Å². The van der Waals surface area contributed by atoms with Gasteiger partial charge in [0.1, 0.15) is 16.4 Å². The van der Waals surface area contributed by atoms with E-state index in [0.29, 0.717) is 25.2 Å². The molecule has 1 amide bonds. The molecular weight excluding hydrogens is 416 g/mol. The quantitative estimate of drug-likeness (QED) is 0.618. The summed E-state index contributed by atoms with van der Waals surface area (Å²) < 4.78 is 38.3. The van der Waals surface area contributed by atoms with Crippen molar-refractivity contribution in [1.82, 2.24) is 9.21 Å². The second-order valence-corrected chi connectivity index (χ2v) is 9.29. The predicted octanol–water partition coefficient (Wildman–Crippen LogP) is 3.71. The Hall–Kier alpha value is -2.58. The van der Waals surface area contributed by atoms with E-state index in [2.05, 4.69) is 0 Å². The van der Waals surface area contributed by atoms with Gasteiger partial charge in [-0.1, -0.05) is 26.0 Å². The lowest BCUT2D eigenvalue weighted by molar-refractivity contribution is 0.0735. The first-order chi connectivity index (χ1) is 14.9. The average molecular weight is 447 g/mol. The molecule has 3 rings (SSSR count). The molecular formula is C23H30N2O5S. The number of amides is 1. The summed E-state index contributed by atoms with van der Waals surface area (Å²) in [6, 6.07) is 12.3. The minimum atomic E-state index is -3.78. The molecule has 168 valence electrons. The van der Waals surface area contributed by atoms with Crippen LogP contribution >= 0.6 is 0 Å². The van der Waals surface area contributed by atoms with Crippen molar-refractivity contribution in [3.63, 3.8) is 0 Å². The van der Waals surface area contributed by atoms with Gasteiger partial charge in [-0.05, 0) is 48.7 Å². The van der Waals surface area contributed by atoms with E-state index in [1.165, 1.54) is 17.5 Å². The Morgan fingerprint density at radius 3 is 2.48 bits per heavy atom. The Bertz CT molecular complexity index is 1030.